The van der Waals surface area contributed by atoms with Gasteiger partial charge in [-0.05, 0) is 39.8 Å². The van der Waals surface area contributed by atoms with Crippen LogP contribution in [0.15, 0.2) is 35.5 Å². The number of thiazole rings is 1. The van der Waals surface area contributed by atoms with Crippen LogP contribution in [0.3, 0.4) is 0 Å². The summed E-state index contributed by atoms with van der Waals surface area (Å²) in [5, 5.41) is 12.7. The van der Waals surface area contributed by atoms with E-state index in [0.29, 0.717) is 16.8 Å². The van der Waals surface area contributed by atoms with Crippen LogP contribution in [-0.4, -0.2) is 31.4 Å². The van der Waals surface area contributed by atoms with Crippen LogP contribution in [0.2, 0.25) is 0 Å². The van der Waals surface area contributed by atoms with Gasteiger partial charge >= 0.3 is 0 Å². The maximum atomic E-state index is 12.2. The Balaban J connectivity index is 1.62. The molecule has 1 unspecified atom stereocenters. The van der Waals surface area contributed by atoms with Gasteiger partial charge in [0.15, 0.2) is 22.2 Å². The highest BCUT2D eigenvalue weighted by molar-refractivity contribution is 7.99. The molecule has 2 aromatic heterocycles. The fourth-order valence-electron chi connectivity index (χ4n) is 2.57. The standard InChI is InChI=1S/C19H23N5O2S2/c1-5-24-17(13(3)26-15-9-7-6-8-10-15)22-23-19(24)27-11-16(25)21-18-20-12(2)14(4)28-18/h6-10,13H,5,11H2,1-4H3,(H,20,21,25). The van der Waals surface area contributed by atoms with Crippen molar-refractivity contribution in [1.29, 1.82) is 0 Å². The molecular weight excluding hydrogens is 394 g/mol. The van der Waals surface area contributed by atoms with Gasteiger partial charge < -0.3 is 14.6 Å². The van der Waals surface area contributed by atoms with E-state index in [4.69, 9.17) is 4.74 Å². The van der Waals surface area contributed by atoms with E-state index in [1.165, 1.54) is 23.1 Å². The van der Waals surface area contributed by atoms with E-state index in [1.54, 1.807) is 0 Å². The average molecular weight is 418 g/mol. The summed E-state index contributed by atoms with van der Waals surface area (Å²) in [5.74, 6) is 1.65. The summed E-state index contributed by atoms with van der Waals surface area (Å²) in [6.45, 7) is 8.58. The lowest BCUT2D eigenvalue weighted by Crippen LogP contribution is -2.15. The number of amides is 1. The minimum atomic E-state index is -0.251. The number of hydrogen-bond donors (Lipinski definition) is 1. The Labute approximate surface area is 172 Å². The Kier molecular flexibility index (Phi) is 6.69. The summed E-state index contributed by atoms with van der Waals surface area (Å²) in [5.41, 5.74) is 0.940. The first-order valence-electron chi connectivity index (χ1n) is 8.99. The molecule has 0 bridgehead atoms. The molecule has 1 aromatic carbocycles. The van der Waals surface area contributed by atoms with Crippen molar-refractivity contribution >= 4 is 34.1 Å². The van der Waals surface area contributed by atoms with Crippen molar-refractivity contribution < 1.29 is 9.53 Å². The summed E-state index contributed by atoms with van der Waals surface area (Å²) in [6.07, 6.45) is -0.251. The molecule has 2 heterocycles. The normalized spacial score (nSPS) is 12.0. The number of nitrogens with one attached hydrogen (secondary N) is 1. The third-order valence-electron chi connectivity index (χ3n) is 4.09. The Morgan fingerprint density at radius 3 is 2.68 bits per heavy atom. The molecule has 0 aliphatic carbocycles. The highest BCUT2D eigenvalue weighted by Crippen LogP contribution is 2.25. The van der Waals surface area contributed by atoms with Gasteiger partial charge in [0.25, 0.3) is 0 Å². The van der Waals surface area contributed by atoms with Crippen molar-refractivity contribution in [3.8, 4) is 5.75 Å². The highest BCUT2D eigenvalue weighted by Gasteiger charge is 2.19. The van der Waals surface area contributed by atoms with E-state index in [0.717, 1.165) is 22.1 Å². The lowest BCUT2D eigenvalue weighted by molar-refractivity contribution is -0.113. The summed E-state index contributed by atoms with van der Waals surface area (Å²) in [4.78, 5) is 17.7. The number of ether oxygens (including phenoxy) is 1. The molecule has 1 N–H and O–H groups in total. The number of nitrogens with zero attached hydrogens (tertiary/aromatic N) is 4. The number of carbonyl (C=O) groups is 1. The minimum Gasteiger partial charge on any atom is -0.483 e. The average Bonchev–Trinajstić information content (AvgIpc) is 3.23. The van der Waals surface area contributed by atoms with Gasteiger partial charge in [0, 0.05) is 11.4 Å². The molecular formula is C19H23N5O2S2. The molecule has 1 atom stereocenters. The van der Waals surface area contributed by atoms with Gasteiger partial charge in [0.2, 0.25) is 5.91 Å². The van der Waals surface area contributed by atoms with E-state index in [9.17, 15) is 4.79 Å². The second-order valence-corrected chi connectivity index (χ2v) is 8.30. The van der Waals surface area contributed by atoms with Crippen LogP contribution in [0.25, 0.3) is 0 Å². The first-order valence-corrected chi connectivity index (χ1v) is 10.8. The van der Waals surface area contributed by atoms with Crippen LogP contribution < -0.4 is 10.1 Å². The van der Waals surface area contributed by atoms with Gasteiger partial charge in [-0.2, -0.15) is 0 Å². The number of anilines is 1. The van der Waals surface area contributed by atoms with Crippen molar-refractivity contribution in [3.63, 3.8) is 0 Å². The minimum absolute atomic E-state index is 0.112. The molecule has 148 valence electrons. The topological polar surface area (TPSA) is 81.9 Å². The lowest BCUT2D eigenvalue weighted by Gasteiger charge is -2.15. The molecule has 0 radical (unpaired) electrons. The quantitative estimate of drug-likeness (QED) is 0.552. The van der Waals surface area contributed by atoms with Crippen LogP contribution in [0.5, 0.6) is 5.75 Å². The Morgan fingerprint density at radius 1 is 1.29 bits per heavy atom. The van der Waals surface area contributed by atoms with Gasteiger partial charge in [0.05, 0.1) is 11.4 Å². The summed E-state index contributed by atoms with van der Waals surface area (Å²) in [7, 11) is 0. The Morgan fingerprint density at radius 2 is 2.04 bits per heavy atom. The molecule has 7 nitrogen and oxygen atoms in total. The Hall–Kier alpha value is -2.39. The van der Waals surface area contributed by atoms with E-state index in [2.05, 4.69) is 20.5 Å². The third-order valence-corrected chi connectivity index (χ3v) is 6.04. The van der Waals surface area contributed by atoms with E-state index in [-0.39, 0.29) is 17.8 Å². The molecule has 3 rings (SSSR count). The fourth-order valence-corrected chi connectivity index (χ4v) is 4.21. The van der Waals surface area contributed by atoms with Gasteiger partial charge in [-0.1, -0.05) is 30.0 Å². The highest BCUT2D eigenvalue weighted by atomic mass is 32.2. The first-order chi connectivity index (χ1) is 13.5. The number of rotatable bonds is 8. The molecule has 0 saturated heterocycles. The molecule has 0 fully saturated rings. The van der Waals surface area contributed by atoms with Crippen LogP contribution in [0.1, 0.15) is 36.3 Å². The number of aromatic nitrogens is 4. The predicted molar refractivity (Wildman–Crippen MR) is 112 cm³/mol. The SMILES string of the molecule is CCn1c(SCC(=O)Nc2nc(C)c(C)s2)nnc1C(C)Oc1ccccc1. The second-order valence-electron chi connectivity index (χ2n) is 6.16. The van der Waals surface area contributed by atoms with Crippen molar-refractivity contribution in [3.05, 3.63) is 46.7 Å². The first kappa shape index (κ1) is 20.3. The Bertz CT molecular complexity index is 920. The van der Waals surface area contributed by atoms with Gasteiger partial charge in [-0.15, -0.1) is 21.5 Å². The number of carbonyl (C=O) groups excluding carboxylic acids is 1. The molecule has 28 heavy (non-hydrogen) atoms. The maximum Gasteiger partial charge on any atom is 0.236 e. The molecule has 0 aliphatic rings. The largest absolute Gasteiger partial charge is 0.483 e. The van der Waals surface area contributed by atoms with E-state index in [1.807, 2.05) is 62.6 Å². The smallest absolute Gasteiger partial charge is 0.236 e. The fraction of sp³-hybridized carbons (Fsp3) is 0.368. The summed E-state index contributed by atoms with van der Waals surface area (Å²) < 4.78 is 7.93. The maximum absolute atomic E-state index is 12.2. The number of thioether (sulfide) groups is 1. The molecule has 0 aliphatic heterocycles. The number of hydrogen-bond acceptors (Lipinski definition) is 7. The van der Waals surface area contributed by atoms with Crippen LogP contribution in [0, 0.1) is 13.8 Å². The van der Waals surface area contributed by atoms with Crippen LogP contribution in [-0.2, 0) is 11.3 Å². The number of benzene rings is 1. The summed E-state index contributed by atoms with van der Waals surface area (Å²) in [6, 6.07) is 9.62. The van der Waals surface area contributed by atoms with Gasteiger partial charge in [0.1, 0.15) is 5.75 Å². The van der Waals surface area contributed by atoms with Crippen molar-refractivity contribution in [2.75, 3.05) is 11.1 Å². The zero-order valence-electron chi connectivity index (χ0n) is 16.3. The zero-order chi connectivity index (χ0) is 20.1. The molecule has 9 heteroatoms. The van der Waals surface area contributed by atoms with E-state index < -0.39 is 0 Å². The molecule has 0 spiro atoms. The monoisotopic (exact) mass is 417 g/mol. The lowest BCUT2D eigenvalue weighted by atomic mass is 10.3. The molecule has 0 saturated carbocycles. The van der Waals surface area contributed by atoms with Crippen LogP contribution >= 0.6 is 23.1 Å². The van der Waals surface area contributed by atoms with Gasteiger partial charge in [-0.25, -0.2) is 4.98 Å². The zero-order valence-corrected chi connectivity index (χ0v) is 17.9. The molecule has 3 aromatic rings. The summed E-state index contributed by atoms with van der Waals surface area (Å²) >= 11 is 2.83. The van der Waals surface area contributed by atoms with Crippen molar-refractivity contribution in [2.45, 2.75) is 45.5 Å². The second kappa shape index (κ2) is 9.20. The number of para-hydroxylation sites is 1. The number of aryl methyl sites for hydroxylation is 2. The van der Waals surface area contributed by atoms with Crippen molar-refractivity contribution in [2.24, 2.45) is 0 Å². The van der Waals surface area contributed by atoms with Gasteiger partial charge in [-0.3, -0.25) is 4.79 Å². The molecule has 1 amide bonds. The third kappa shape index (κ3) is 4.90. The van der Waals surface area contributed by atoms with E-state index >= 15 is 0 Å². The predicted octanol–water partition coefficient (Wildman–Crippen LogP) is 4.24. The van der Waals surface area contributed by atoms with Crippen molar-refractivity contribution in [1.82, 2.24) is 19.7 Å². The van der Waals surface area contributed by atoms with Crippen LogP contribution in [0.4, 0.5) is 5.13 Å².